The molecule has 0 saturated heterocycles. The molecular formula is C11H16N4O5. The molecule has 0 radical (unpaired) electrons. The van der Waals surface area contributed by atoms with E-state index in [0.717, 1.165) is 0 Å². The van der Waals surface area contributed by atoms with Crippen LogP contribution in [0.1, 0.15) is 13.3 Å². The number of nitrogens with zero attached hydrogens (tertiary/aromatic N) is 2. The third-order valence-electron chi connectivity index (χ3n) is 2.40. The summed E-state index contributed by atoms with van der Waals surface area (Å²) in [7, 11) is 0. The Morgan fingerprint density at radius 3 is 2.50 bits per heavy atom. The Kier molecular flexibility index (Phi) is 5.51. The number of carbonyl (C=O) groups is 3. The Balaban J connectivity index is 2.44. The summed E-state index contributed by atoms with van der Waals surface area (Å²) in [6.45, 7) is 2.19. The smallest absolute Gasteiger partial charge is 0.326 e. The molecule has 2 atom stereocenters. The summed E-state index contributed by atoms with van der Waals surface area (Å²) >= 11 is 0. The zero-order valence-electron chi connectivity index (χ0n) is 10.8. The quantitative estimate of drug-likeness (QED) is 0.533. The lowest BCUT2D eigenvalue weighted by Gasteiger charge is -2.17. The van der Waals surface area contributed by atoms with Gasteiger partial charge in [0, 0.05) is 25.0 Å². The molecule has 0 aromatic carbocycles. The summed E-state index contributed by atoms with van der Waals surface area (Å²) < 4.78 is 1.75. The highest BCUT2D eigenvalue weighted by molar-refractivity contribution is 5.86. The monoisotopic (exact) mass is 284 g/mol. The Hall–Kier alpha value is -2.58. The molecule has 1 aromatic heterocycles. The zero-order chi connectivity index (χ0) is 15.1. The minimum atomic E-state index is -1.46. The van der Waals surface area contributed by atoms with Crippen molar-refractivity contribution in [2.75, 3.05) is 0 Å². The number of rotatable bonds is 7. The first-order valence-corrected chi connectivity index (χ1v) is 5.86. The molecule has 110 valence electrons. The molecule has 0 saturated carbocycles. The van der Waals surface area contributed by atoms with Crippen molar-refractivity contribution in [2.45, 2.75) is 32.0 Å². The van der Waals surface area contributed by atoms with Gasteiger partial charge in [-0.3, -0.25) is 4.79 Å². The highest BCUT2D eigenvalue weighted by Crippen LogP contribution is 1.95. The van der Waals surface area contributed by atoms with Crippen LogP contribution in [-0.2, 0) is 16.1 Å². The van der Waals surface area contributed by atoms with Crippen molar-refractivity contribution in [1.82, 2.24) is 20.2 Å². The summed E-state index contributed by atoms with van der Waals surface area (Å²) in [5, 5.41) is 22.0. The van der Waals surface area contributed by atoms with E-state index in [1.165, 1.54) is 0 Å². The molecule has 1 aromatic rings. The van der Waals surface area contributed by atoms with E-state index in [1.807, 2.05) is 0 Å². The van der Waals surface area contributed by atoms with Crippen LogP contribution in [0.5, 0.6) is 0 Å². The van der Waals surface area contributed by atoms with Crippen molar-refractivity contribution >= 4 is 18.0 Å². The van der Waals surface area contributed by atoms with Gasteiger partial charge in [0.15, 0.2) is 0 Å². The molecule has 1 rings (SSSR count). The Bertz CT molecular complexity index is 473. The van der Waals surface area contributed by atoms with E-state index in [4.69, 9.17) is 10.2 Å². The summed E-state index contributed by atoms with van der Waals surface area (Å²) in [6.07, 6.45) is 4.22. The zero-order valence-corrected chi connectivity index (χ0v) is 10.8. The molecule has 0 aliphatic rings. The Morgan fingerprint density at radius 1 is 1.30 bits per heavy atom. The van der Waals surface area contributed by atoms with E-state index in [-0.39, 0.29) is 6.04 Å². The molecule has 1 unspecified atom stereocenters. The number of hydrogen-bond acceptors (Lipinski definition) is 4. The van der Waals surface area contributed by atoms with E-state index in [0.29, 0.717) is 6.54 Å². The summed E-state index contributed by atoms with van der Waals surface area (Å²) in [4.78, 5) is 36.7. The predicted octanol–water partition coefficient (Wildman–Crippen LogP) is -0.501. The summed E-state index contributed by atoms with van der Waals surface area (Å²) in [6, 6.07) is -2.47. The van der Waals surface area contributed by atoms with Crippen molar-refractivity contribution < 1.29 is 24.6 Å². The number of carboxylic acid groups (broad SMARTS) is 2. The molecule has 9 heteroatoms. The molecule has 2 amide bonds. The van der Waals surface area contributed by atoms with Crippen LogP contribution in [0.4, 0.5) is 4.79 Å². The second kappa shape index (κ2) is 7.12. The van der Waals surface area contributed by atoms with Crippen molar-refractivity contribution in [3.8, 4) is 0 Å². The van der Waals surface area contributed by atoms with Crippen LogP contribution in [0, 0.1) is 0 Å². The van der Waals surface area contributed by atoms with Crippen molar-refractivity contribution in [2.24, 2.45) is 0 Å². The van der Waals surface area contributed by atoms with E-state index >= 15 is 0 Å². The van der Waals surface area contributed by atoms with E-state index in [9.17, 15) is 14.4 Å². The lowest BCUT2D eigenvalue weighted by molar-refractivity contribution is -0.145. The molecule has 0 spiro atoms. The van der Waals surface area contributed by atoms with Gasteiger partial charge in [-0.2, -0.15) is 0 Å². The maximum atomic E-state index is 11.6. The molecule has 0 aliphatic carbocycles. The van der Waals surface area contributed by atoms with Crippen LogP contribution in [0.25, 0.3) is 0 Å². The van der Waals surface area contributed by atoms with Gasteiger partial charge in [0.05, 0.1) is 12.7 Å². The number of urea groups is 1. The number of aromatic nitrogens is 2. The average Bonchev–Trinajstić information content (AvgIpc) is 2.79. The normalized spacial score (nSPS) is 13.2. The van der Waals surface area contributed by atoms with Crippen molar-refractivity contribution in [1.29, 1.82) is 0 Å². The van der Waals surface area contributed by atoms with Gasteiger partial charge in [0.25, 0.3) is 0 Å². The number of carbonyl (C=O) groups excluding carboxylic acids is 1. The van der Waals surface area contributed by atoms with Gasteiger partial charge in [-0.25, -0.2) is 14.6 Å². The number of aliphatic carboxylic acids is 2. The molecule has 4 N–H and O–H groups in total. The Morgan fingerprint density at radius 2 is 2.00 bits per heavy atom. The highest BCUT2D eigenvalue weighted by atomic mass is 16.4. The van der Waals surface area contributed by atoms with E-state index in [1.54, 1.807) is 30.2 Å². The lowest BCUT2D eigenvalue weighted by atomic mass is 10.2. The number of amides is 2. The molecule has 20 heavy (non-hydrogen) atoms. The number of hydrogen-bond donors (Lipinski definition) is 4. The lowest BCUT2D eigenvalue weighted by Crippen LogP contribution is -2.49. The maximum absolute atomic E-state index is 11.6. The fourth-order valence-corrected chi connectivity index (χ4v) is 1.56. The maximum Gasteiger partial charge on any atom is 0.326 e. The Labute approximate surface area is 114 Å². The minimum absolute atomic E-state index is 0.275. The number of imidazole rings is 1. The van der Waals surface area contributed by atoms with Crippen LogP contribution < -0.4 is 10.6 Å². The van der Waals surface area contributed by atoms with Gasteiger partial charge in [-0.15, -0.1) is 0 Å². The van der Waals surface area contributed by atoms with Crippen LogP contribution in [0.2, 0.25) is 0 Å². The predicted molar refractivity (Wildman–Crippen MR) is 67.0 cm³/mol. The molecule has 0 bridgehead atoms. The van der Waals surface area contributed by atoms with Gasteiger partial charge in [0.1, 0.15) is 6.04 Å². The van der Waals surface area contributed by atoms with Gasteiger partial charge >= 0.3 is 18.0 Å². The fourth-order valence-electron chi connectivity index (χ4n) is 1.56. The third kappa shape index (κ3) is 5.38. The van der Waals surface area contributed by atoms with Gasteiger partial charge in [-0.05, 0) is 6.92 Å². The first-order valence-electron chi connectivity index (χ1n) is 5.86. The van der Waals surface area contributed by atoms with Crippen molar-refractivity contribution in [3.05, 3.63) is 18.7 Å². The fraction of sp³-hybridized carbons (Fsp3) is 0.455. The van der Waals surface area contributed by atoms with Gasteiger partial charge in [0.2, 0.25) is 0 Å². The van der Waals surface area contributed by atoms with Crippen LogP contribution >= 0.6 is 0 Å². The third-order valence-corrected chi connectivity index (χ3v) is 2.40. The molecule has 1 heterocycles. The molecular weight excluding hydrogens is 268 g/mol. The van der Waals surface area contributed by atoms with Crippen molar-refractivity contribution in [3.63, 3.8) is 0 Å². The average molecular weight is 284 g/mol. The topological polar surface area (TPSA) is 134 Å². The standard InChI is InChI=1S/C11H16N4O5/c1-7(5-15-3-2-12-6-15)13-11(20)14-8(10(18)19)4-9(16)17/h2-3,6-8H,4-5H2,1H3,(H,16,17)(H,18,19)(H2,13,14,20)/t7?,8-/m0/s1. The minimum Gasteiger partial charge on any atom is -0.481 e. The number of carboxylic acids is 2. The first-order chi connectivity index (χ1) is 9.38. The summed E-state index contributed by atoms with van der Waals surface area (Å²) in [5.74, 6) is -2.70. The SMILES string of the molecule is CC(Cn1ccnc1)NC(=O)N[C@@H](CC(=O)O)C(=O)O. The second-order valence-corrected chi connectivity index (χ2v) is 4.27. The highest BCUT2D eigenvalue weighted by Gasteiger charge is 2.23. The molecule has 0 fully saturated rings. The van der Waals surface area contributed by atoms with Crippen LogP contribution in [0.15, 0.2) is 18.7 Å². The van der Waals surface area contributed by atoms with Crippen LogP contribution in [0.3, 0.4) is 0 Å². The van der Waals surface area contributed by atoms with Gasteiger partial charge in [-0.1, -0.05) is 0 Å². The molecule has 0 aliphatic heterocycles. The van der Waals surface area contributed by atoms with E-state index in [2.05, 4.69) is 15.6 Å². The largest absolute Gasteiger partial charge is 0.481 e. The second-order valence-electron chi connectivity index (χ2n) is 4.27. The summed E-state index contributed by atoms with van der Waals surface area (Å²) in [5.41, 5.74) is 0. The molecule has 9 nitrogen and oxygen atoms in total. The van der Waals surface area contributed by atoms with E-state index < -0.39 is 30.4 Å². The number of nitrogens with one attached hydrogen (secondary N) is 2. The van der Waals surface area contributed by atoms with Gasteiger partial charge < -0.3 is 25.4 Å². The van der Waals surface area contributed by atoms with Crippen LogP contribution in [-0.4, -0.2) is 49.8 Å². The first kappa shape index (κ1) is 15.5.